The van der Waals surface area contributed by atoms with Gasteiger partial charge in [0, 0.05) is 22.3 Å². The van der Waals surface area contributed by atoms with E-state index in [1.807, 2.05) is 24.3 Å². The van der Waals surface area contributed by atoms with Gasteiger partial charge in [0.1, 0.15) is 6.61 Å². The van der Waals surface area contributed by atoms with Crippen molar-refractivity contribution in [2.75, 3.05) is 0 Å². The molecule has 0 spiro atoms. The van der Waals surface area contributed by atoms with Crippen LogP contribution in [-0.4, -0.2) is 27.5 Å². The second-order valence-electron chi connectivity index (χ2n) is 4.79. The Labute approximate surface area is 125 Å². The van der Waals surface area contributed by atoms with Crippen molar-refractivity contribution in [3.63, 3.8) is 0 Å². The van der Waals surface area contributed by atoms with E-state index in [0.717, 1.165) is 28.6 Å². The van der Waals surface area contributed by atoms with Crippen molar-refractivity contribution < 1.29 is 9.63 Å². The van der Waals surface area contributed by atoms with Gasteiger partial charge in [0.25, 0.3) is 0 Å². The van der Waals surface area contributed by atoms with Gasteiger partial charge in [-0.15, -0.1) is 0 Å². The number of hydrogen-bond donors (Lipinski definition) is 1. The number of rotatable bonds is 6. The highest BCUT2D eigenvalue weighted by molar-refractivity contribution is 9.10. The van der Waals surface area contributed by atoms with Gasteiger partial charge in [0.2, 0.25) is 6.41 Å². The summed E-state index contributed by atoms with van der Waals surface area (Å²) in [5, 5.41) is 1.41. The highest BCUT2D eigenvalue weighted by Crippen LogP contribution is 2.43. The van der Waals surface area contributed by atoms with Gasteiger partial charge in [-0.2, -0.15) is 0 Å². The molecule has 1 aliphatic rings. The van der Waals surface area contributed by atoms with Gasteiger partial charge in [0.15, 0.2) is 0 Å². The number of hydrogen-bond acceptors (Lipinski definition) is 3. The Morgan fingerprint density at radius 3 is 3.15 bits per heavy atom. The summed E-state index contributed by atoms with van der Waals surface area (Å²) in [6, 6.07) is 7.93. The second kappa shape index (κ2) is 5.76. The fourth-order valence-electron chi connectivity index (χ4n) is 2.25. The molecule has 1 aromatic carbocycles. The summed E-state index contributed by atoms with van der Waals surface area (Å²) in [6.45, 7) is 0.379. The number of halogens is 1. The number of nitrogens with one attached hydrogen (secondary N) is 1. The van der Waals surface area contributed by atoms with Gasteiger partial charge in [-0.3, -0.25) is 9.63 Å². The normalized spacial score (nSPS) is 20.6. The summed E-state index contributed by atoms with van der Waals surface area (Å²) >= 11 is 3.41. The molecule has 3 rings (SSSR count). The molecule has 0 bridgehead atoms. The van der Waals surface area contributed by atoms with Crippen LogP contribution >= 0.6 is 15.9 Å². The first kappa shape index (κ1) is 13.3. The zero-order valence-corrected chi connectivity index (χ0v) is 12.3. The molecule has 0 unspecified atom stereocenters. The first-order valence-corrected chi connectivity index (χ1v) is 7.16. The highest BCUT2D eigenvalue weighted by atomic mass is 79.9. The van der Waals surface area contributed by atoms with E-state index >= 15 is 0 Å². The van der Waals surface area contributed by atoms with Crippen LogP contribution in [0.2, 0.25) is 0 Å². The fourth-order valence-corrected chi connectivity index (χ4v) is 2.69. The van der Waals surface area contributed by atoms with Gasteiger partial charge in [-0.05, 0) is 24.1 Å². The molecule has 6 heteroatoms. The number of hydroxylamine groups is 2. The lowest BCUT2D eigenvalue weighted by Crippen LogP contribution is -2.25. The predicted octanol–water partition coefficient (Wildman–Crippen LogP) is 2.62. The topological polar surface area (TPSA) is 58.2 Å². The molecule has 20 heavy (non-hydrogen) atoms. The number of carbonyl (C=O) groups excluding carboxylic acids is 1. The molecule has 1 heterocycles. The number of carbonyl (C=O) groups is 1. The Balaban J connectivity index is 1.57. The number of aromatic nitrogens is 2. The Morgan fingerprint density at radius 2 is 2.45 bits per heavy atom. The Kier molecular flexibility index (Phi) is 3.84. The van der Waals surface area contributed by atoms with Crippen molar-refractivity contribution >= 4 is 22.3 Å². The van der Waals surface area contributed by atoms with Crippen molar-refractivity contribution in [3.05, 3.63) is 52.5 Å². The molecule has 0 saturated heterocycles. The average Bonchev–Trinajstić information content (AvgIpc) is 3.04. The SMILES string of the molecule is O=CN(OCc1cccc(Br)c1)[C@@H]1C[C@H]1c1cnc[nH]1. The third kappa shape index (κ3) is 2.91. The van der Waals surface area contributed by atoms with Gasteiger partial charge in [-0.25, -0.2) is 10.0 Å². The number of imidazole rings is 1. The maximum absolute atomic E-state index is 11.2. The number of amides is 1. The Bertz CT molecular complexity index is 588. The minimum atomic E-state index is 0.0973. The lowest BCUT2D eigenvalue weighted by Gasteiger charge is -2.17. The first-order valence-electron chi connectivity index (χ1n) is 6.37. The summed E-state index contributed by atoms with van der Waals surface area (Å²) < 4.78 is 0.998. The molecular weight excluding hydrogens is 322 g/mol. The van der Waals surface area contributed by atoms with E-state index in [1.54, 1.807) is 12.5 Å². The molecule has 5 nitrogen and oxygen atoms in total. The highest BCUT2D eigenvalue weighted by Gasteiger charge is 2.44. The molecule has 0 aliphatic heterocycles. The summed E-state index contributed by atoms with van der Waals surface area (Å²) in [4.78, 5) is 23.8. The van der Waals surface area contributed by atoms with E-state index in [4.69, 9.17) is 4.84 Å². The Morgan fingerprint density at radius 1 is 1.55 bits per heavy atom. The van der Waals surface area contributed by atoms with Crippen LogP contribution in [0.1, 0.15) is 23.6 Å². The van der Waals surface area contributed by atoms with Crippen molar-refractivity contribution in [3.8, 4) is 0 Å². The van der Waals surface area contributed by atoms with Gasteiger partial charge in [-0.1, -0.05) is 28.1 Å². The molecule has 1 saturated carbocycles. The number of aromatic amines is 1. The molecular formula is C14H14BrN3O2. The van der Waals surface area contributed by atoms with Crippen LogP contribution in [0.15, 0.2) is 41.3 Å². The predicted molar refractivity (Wildman–Crippen MR) is 76.6 cm³/mol. The standard InChI is InChI=1S/C14H14BrN3O2/c15-11-3-1-2-10(4-11)7-20-18(9-19)14-5-12(14)13-6-16-8-17-13/h1-4,6,8-9,12,14H,5,7H2,(H,16,17)/t12-,14+/m0/s1. The third-order valence-corrected chi connectivity index (χ3v) is 3.87. The smallest absolute Gasteiger partial charge is 0.233 e. The van der Waals surface area contributed by atoms with E-state index in [2.05, 4.69) is 25.9 Å². The number of nitrogens with zero attached hydrogens (tertiary/aromatic N) is 2. The van der Waals surface area contributed by atoms with Crippen molar-refractivity contribution in [1.29, 1.82) is 0 Å². The average molecular weight is 336 g/mol. The van der Waals surface area contributed by atoms with Crippen molar-refractivity contribution in [1.82, 2.24) is 15.0 Å². The summed E-state index contributed by atoms with van der Waals surface area (Å²) in [7, 11) is 0. The van der Waals surface area contributed by atoms with Crippen LogP contribution in [0.25, 0.3) is 0 Å². The fraction of sp³-hybridized carbons (Fsp3) is 0.286. The van der Waals surface area contributed by atoms with E-state index in [1.165, 1.54) is 5.06 Å². The summed E-state index contributed by atoms with van der Waals surface area (Å²) in [6.07, 6.45) is 5.10. The number of benzene rings is 1. The van der Waals surface area contributed by atoms with Gasteiger partial charge >= 0.3 is 0 Å². The maximum Gasteiger partial charge on any atom is 0.233 e. The van der Waals surface area contributed by atoms with Crippen molar-refractivity contribution in [2.24, 2.45) is 0 Å². The maximum atomic E-state index is 11.2. The Hall–Kier alpha value is -1.66. The molecule has 1 aliphatic carbocycles. The zero-order chi connectivity index (χ0) is 13.9. The monoisotopic (exact) mass is 335 g/mol. The zero-order valence-electron chi connectivity index (χ0n) is 10.7. The molecule has 104 valence electrons. The molecule has 1 aromatic heterocycles. The van der Waals surface area contributed by atoms with Gasteiger partial charge in [0.05, 0.1) is 12.4 Å². The van der Waals surface area contributed by atoms with Gasteiger partial charge < -0.3 is 4.98 Å². The third-order valence-electron chi connectivity index (χ3n) is 3.38. The van der Waals surface area contributed by atoms with Crippen LogP contribution in [0.4, 0.5) is 0 Å². The van der Waals surface area contributed by atoms with E-state index in [0.29, 0.717) is 12.5 Å². The van der Waals surface area contributed by atoms with Crippen LogP contribution in [0.3, 0.4) is 0 Å². The minimum Gasteiger partial charge on any atom is -0.348 e. The van der Waals surface area contributed by atoms with Crippen molar-refractivity contribution in [2.45, 2.75) is 25.0 Å². The van der Waals surface area contributed by atoms with Crippen LogP contribution in [0.5, 0.6) is 0 Å². The molecule has 1 amide bonds. The molecule has 1 N–H and O–H groups in total. The largest absolute Gasteiger partial charge is 0.348 e. The minimum absolute atomic E-state index is 0.0973. The first-order chi connectivity index (χ1) is 9.78. The van der Waals surface area contributed by atoms with Crippen LogP contribution in [-0.2, 0) is 16.2 Å². The van der Waals surface area contributed by atoms with Crippen LogP contribution in [0, 0.1) is 0 Å². The van der Waals surface area contributed by atoms with Crippen LogP contribution < -0.4 is 0 Å². The molecule has 1 fully saturated rings. The van der Waals surface area contributed by atoms with E-state index in [-0.39, 0.29) is 6.04 Å². The summed E-state index contributed by atoms with van der Waals surface area (Å²) in [5.41, 5.74) is 2.07. The molecule has 2 aromatic rings. The quantitative estimate of drug-likeness (QED) is 0.652. The second-order valence-corrected chi connectivity index (χ2v) is 5.70. The molecule has 0 radical (unpaired) electrons. The number of H-pyrrole nitrogens is 1. The lowest BCUT2D eigenvalue weighted by molar-refractivity contribution is -0.181. The van der Waals surface area contributed by atoms with E-state index < -0.39 is 0 Å². The molecule has 2 atom stereocenters. The summed E-state index contributed by atoms with van der Waals surface area (Å²) in [5.74, 6) is 0.296. The van der Waals surface area contributed by atoms with E-state index in [9.17, 15) is 4.79 Å². The lowest BCUT2D eigenvalue weighted by atomic mass is 10.2.